The summed E-state index contributed by atoms with van der Waals surface area (Å²) in [6.45, 7) is 2.88. The molecule has 0 atom stereocenters. The van der Waals surface area contributed by atoms with Crippen LogP contribution >= 0.6 is 0 Å². The fraction of sp³-hybridized carbons (Fsp3) is 0.417. The highest BCUT2D eigenvalue weighted by molar-refractivity contribution is 5.70. The largest absolute Gasteiger partial charge is 0.480 e. The number of rotatable bonds is 7. The van der Waals surface area contributed by atoms with Gasteiger partial charge in [0.25, 0.3) is 0 Å². The van der Waals surface area contributed by atoms with Crippen LogP contribution in [0.2, 0.25) is 0 Å². The Balaban J connectivity index is 1.23. The quantitative estimate of drug-likeness (QED) is 0.448. The number of hydrogen-bond acceptors (Lipinski definition) is 9. The van der Waals surface area contributed by atoms with E-state index in [1.807, 2.05) is 24.7 Å². The lowest BCUT2D eigenvalue weighted by Gasteiger charge is -2.33. The van der Waals surface area contributed by atoms with Gasteiger partial charge in [-0.05, 0) is 43.7 Å². The lowest BCUT2D eigenvalue weighted by Crippen LogP contribution is -2.36. The second-order valence-electron chi connectivity index (χ2n) is 8.92. The summed E-state index contributed by atoms with van der Waals surface area (Å²) in [5.41, 5.74) is 3.63. The predicted octanol–water partition coefficient (Wildman–Crippen LogP) is 3.19. The Morgan fingerprint density at radius 1 is 1.09 bits per heavy atom. The summed E-state index contributed by atoms with van der Waals surface area (Å²) >= 11 is 0. The zero-order chi connectivity index (χ0) is 22.9. The van der Waals surface area contributed by atoms with Crippen LogP contribution in [0.5, 0.6) is 5.88 Å². The Kier molecular flexibility index (Phi) is 5.40. The first-order valence-corrected chi connectivity index (χ1v) is 11.8. The normalized spacial score (nSPS) is 16.7. The minimum absolute atomic E-state index is 0.412. The summed E-state index contributed by atoms with van der Waals surface area (Å²) in [7, 11) is 1.62. The van der Waals surface area contributed by atoms with E-state index in [-0.39, 0.29) is 0 Å². The second kappa shape index (κ2) is 8.85. The molecule has 1 aliphatic heterocycles. The highest BCUT2D eigenvalue weighted by atomic mass is 16.5. The molecule has 1 N–H and O–H groups in total. The van der Waals surface area contributed by atoms with E-state index in [0.29, 0.717) is 29.2 Å². The van der Waals surface area contributed by atoms with E-state index in [1.54, 1.807) is 24.1 Å². The third-order valence-corrected chi connectivity index (χ3v) is 6.66. The standard InChI is InChI=1S/C24H27N9O/c1-34-24-19(20(17-4-5-17)28-15-29-24)21-30-22(23-26-9-12-33(23)31-21)27-13-16-6-10-32(11-7-16)18-3-2-8-25-14-18/h2-3,8-9,12,14-17H,4-7,10-11,13H2,1H3,(H,27,30,31). The molecule has 0 unspecified atom stereocenters. The maximum absolute atomic E-state index is 5.57. The lowest BCUT2D eigenvalue weighted by atomic mass is 9.96. The van der Waals surface area contributed by atoms with Crippen molar-refractivity contribution in [3.63, 3.8) is 0 Å². The van der Waals surface area contributed by atoms with Crippen LogP contribution in [0, 0.1) is 5.92 Å². The number of nitrogens with zero attached hydrogens (tertiary/aromatic N) is 8. The highest BCUT2D eigenvalue weighted by Crippen LogP contribution is 2.44. The molecule has 4 aromatic heterocycles. The number of nitrogens with one attached hydrogen (secondary N) is 1. The second-order valence-corrected chi connectivity index (χ2v) is 8.92. The van der Waals surface area contributed by atoms with E-state index in [1.165, 1.54) is 5.69 Å². The molecule has 1 saturated heterocycles. The number of imidazole rings is 1. The van der Waals surface area contributed by atoms with Crippen molar-refractivity contribution >= 4 is 17.2 Å². The van der Waals surface area contributed by atoms with Crippen molar-refractivity contribution in [3.8, 4) is 17.3 Å². The number of hydrogen-bond donors (Lipinski definition) is 1. The third kappa shape index (κ3) is 4.00. The number of fused-ring (bicyclic) bond motifs is 1. The Labute approximate surface area is 197 Å². The van der Waals surface area contributed by atoms with Crippen LogP contribution in [-0.4, -0.2) is 61.3 Å². The molecule has 0 aromatic carbocycles. The van der Waals surface area contributed by atoms with E-state index >= 15 is 0 Å². The van der Waals surface area contributed by atoms with Gasteiger partial charge in [0.2, 0.25) is 5.88 Å². The van der Waals surface area contributed by atoms with Crippen molar-refractivity contribution in [2.45, 2.75) is 31.6 Å². The average Bonchev–Trinajstić information content (AvgIpc) is 3.64. The van der Waals surface area contributed by atoms with Gasteiger partial charge >= 0.3 is 0 Å². The molecule has 2 fully saturated rings. The van der Waals surface area contributed by atoms with Crippen LogP contribution in [0.15, 0.2) is 43.2 Å². The van der Waals surface area contributed by atoms with Crippen molar-refractivity contribution in [2.24, 2.45) is 5.92 Å². The molecule has 0 radical (unpaired) electrons. The van der Waals surface area contributed by atoms with Gasteiger partial charge in [-0.15, -0.1) is 5.10 Å². The molecule has 2 aliphatic rings. The van der Waals surface area contributed by atoms with Crippen molar-refractivity contribution in [3.05, 3.63) is 48.9 Å². The van der Waals surface area contributed by atoms with Gasteiger partial charge in [-0.1, -0.05) is 0 Å². The van der Waals surface area contributed by atoms with Gasteiger partial charge in [-0.3, -0.25) is 4.98 Å². The molecule has 0 spiro atoms. The summed E-state index contributed by atoms with van der Waals surface area (Å²) in [6, 6.07) is 4.12. The van der Waals surface area contributed by atoms with E-state index in [2.05, 4.69) is 36.2 Å². The Morgan fingerprint density at radius 3 is 2.74 bits per heavy atom. The number of aromatic nitrogens is 7. The third-order valence-electron chi connectivity index (χ3n) is 6.66. The molecule has 174 valence electrons. The number of pyridine rings is 1. The minimum Gasteiger partial charge on any atom is -0.480 e. The first kappa shape index (κ1) is 20.8. The molecule has 0 bridgehead atoms. The zero-order valence-electron chi connectivity index (χ0n) is 19.1. The van der Waals surface area contributed by atoms with E-state index in [4.69, 9.17) is 14.8 Å². The molecule has 34 heavy (non-hydrogen) atoms. The predicted molar refractivity (Wildman–Crippen MR) is 128 cm³/mol. The summed E-state index contributed by atoms with van der Waals surface area (Å²) < 4.78 is 7.33. The number of anilines is 2. The number of ether oxygens (including phenoxy) is 1. The van der Waals surface area contributed by atoms with Crippen molar-refractivity contribution < 1.29 is 4.74 Å². The summed E-state index contributed by atoms with van der Waals surface area (Å²) in [5.74, 6) is 2.74. The van der Waals surface area contributed by atoms with Crippen LogP contribution in [0.3, 0.4) is 0 Å². The molecule has 10 heteroatoms. The van der Waals surface area contributed by atoms with Crippen LogP contribution in [-0.2, 0) is 0 Å². The fourth-order valence-electron chi connectivity index (χ4n) is 4.64. The monoisotopic (exact) mass is 457 g/mol. The first-order valence-electron chi connectivity index (χ1n) is 11.8. The van der Waals surface area contributed by atoms with Gasteiger partial charge in [0, 0.05) is 44.1 Å². The SMILES string of the molecule is COc1ncnc(C2CC2)c1-c1nc(NCC2CCN(c3cccnc3)CC2)c2nccn2n1. The Hall–Kier alpha value is -3.82. The fourth-order valence-corrected chi connectivity index (χ4v) is 4.64. The summed E-state index contributed by atoms with van der Waals surface area (Å²) in [6.07, 6.45) is 13.3. The molecule has 5 heterocycles. The Bertz CT molecular complexity index is 1280. The van der Waals surface area contributed by atoms with Crippen LogP contribution in [0.25, 0.3) is 17.0 Å². The maximum Gasteiger partial charge on any atom is 0.227 e. The number of piperidine rings is 1. The molecule has 10 nitrogen and oxygen atoms in total. The van der Waals surface area contributed by atoms with Gasteiger partial charge in [0.1, 0.15) is 11.9 Å². The molecule has 0 amide bonds. The van der Waals surface area contributed by atoms with E-state index in [0.717, 1.165) is 62.4 Å². The van der Waals surface area contributed by atoms with Crippen molar-refractivity contribution in [2.75, 3.05) is 37.0 Å². The highest BCUT2D eigenvalue weighted by Gasteiger charge is 2.32. The summed E-state index contributed by atoms with van der Waals surface area (Å²) in [5, 5.41) is 8.28. The minimum atomic E-state index is 0.412. The first-order chi connectivity index (χ1) is 16.8. The average molecular weight is 458 g/mol. The molecule has 6 rings (SSSR count). The van der Waals surface area contributed by atoms with Crippen LogP contribution < -0.4 is 15.0 Å². The number of methoxy groups -OCH3 is 1. The van der Waals surface area contributed by atoms with Gasteiger partial charge in [-0.2, -0.15) is 0 Å². The van der Waals surface area contributed by atoms with Crippen molar-refractivity contribution in [1.29, 1.82) is 0 Å². The van der Waals surface area contributed by atoms with Gasteiger partial charge < -0.3 is 15.0 Å². The van der Waals surface area contributed by atoms with E-state index in [9.17, 15) is 0 Å². The van der Waals surface area contributed by atoms with Gasteiger partial charge in [0.15, 0.2) is 17.3 Å². The van der Waals surface area contributed by atoms with Gasteiger partial charge in [-0.25, -0.2) is 24.5 Å². The zero-order valence-corrected chi connectivity index (χ0v) is 19.1. The topological polar surface area (TPSA) is 106 Å². The summed E-state index contributed by atoms with van der Waals surface area (Å²) in [4.78, 5) is 24.9. The maximum atomic E-state index is 5.57. The van der Waals surface area contributed by atoms with E-state index < -0.39 is 0 Å². The lowest BCUT2D eigenvalue weighted by molar-refractivity contribution is 0.397. The smallest absolute Gasteiger partial charge is 0.227 e. The van der Waals surface area contributed by atoms with Gasteiger partial charge in [0.05, 0.1) is 24.7 Å². The molecular weight excluding hydrogens is 430 g/mol. The molecule has 1 saturated carbocycles. The van der Waals surface area contributed by atoms with Crippen LogP contribution in [0.4, 0.5) is 11.5 Å². The Morgan fingerprint density at radius 2 is 1.97 bits per heavy atom. The van der Waals surface area contributed by atoms with Crippen molar-refractivity contribution in [1.82, 2.24) is 34.5 Å². The molecule has 1 aliphatic carbocycles. The molecule has 4 aromatic rings. The molecular formula is C24H27N9O. The van der Waals surface area contributed by atoms with Crippen LogP contribution in [0.1, 0.15) is 37.3 Å².